The third kappa shape index (κ3) is 3.06. The highest BCUT2D eigenvalue weighted by atomic mass is 16.5. The SMILES string of the molecule is COc1ccc(-c2noc(CNCCN)n2)cc1. The van der Waals surface area contributed by atoms with Gasteiger partial charge in [0.15, 0.2) is 0 Å². The molecule has 0 radical (unpaired) electrons. The summed E-state index contributed by atoms with van der Waals surface area (Å²) in [6.45, 7) is 1.83. The molecule has 0 atom stereocenters. The van der Waals surface area contributed by atoms with Crippen LogP contribution in [0.25, 0.3) is 11.4 Å². The third-order valence-corrected chi connectivity index (χ3v) is 2.41. The number of hydrogen-bond acceptors (Lipinski definition) is 6. The number of nitrogens with two attached hydrogens (primary N) is 1. The summed E-state index contributed by atoms with van der Waals surface area (Å²) in [7, 11) is 1.63. The van der Waals surface area contributed by atoms with E-state index in [9.17, 15) is 0 Å². The van der Waals surface area contributed by atoms with Crippen molar-refractivity contribution in [1.29, 1.82) is 0 Å². The lowest BCUT2D eigenvalue weighted by Gasteiger charge is -1.99. The lowest BCUT2D eigenvalue weighted by atomic mass is 10.2. The minimum Gasteiger partial charge on any atom is -0.497 e. The number of aromatic nitrogens is 2. The molecule has 0 spiro atoms. The minimum absolute atomic E-state index is 0.528. The van der Waals surface area contributed by atoms with Gasteiger partial charge in [-0.15, -0.1) is 0 Å². The molecule has 0 aliphatic rings. The molecule has 1 aromatic heterocycles. The van der Waals surface area contributed by atoms with E-state index in [4.69, 9.17) is 15.0 Å². The van der Waals surface area contributed by atoms with Gasteiger partial charge >= 0.3 is 0 Å². The normalized spacial score (nSPS) is 10.6. The van der Waals surface area contributed by atoms with Gasteiger partial charge < -0.3 is 20.3 Å². The molecule has 0 saturated heterocycles. The van der Waals surface area contributed by atoms with Crippen molar-refractivity contribution in [2.24, 2.45) is 5.73 Å². The fraction of sp³-hybridized carbons (Fsp3) is 0.333. The third-order valence-electron chi connectivity index (χ3n) is 2.41. The Kier molecular flexibility index (Phi) is 4.27. The Morgan fingerprint density at radius 3 is 2.78 bits per heavy atom. The highest BCUT2D eigenvalue weighted by Crippen LogP contribution is 2.19. The summed E-state index contributed by atoms with van der Waals surface area (Å²) in [5.74, 6) is 1.92. The summed E-state index contributed by atoms with van der Waals surface area (Å²) >= 11 is 0. The molecule has 6 nitrogen and oxygen atoms in total. The maximum absolute atomic E-state index is 5.38. The van der Waals surface area contributed by atoms with Crippen molar-refractivity contribution in [3.8, 4) is 17.1 Å². The van der Waals surface area contributed by atoms with Gasteiger partial charge in [-0.25, -0.2) is 0 Å². The van der Waals surface area contributed by atoms with Crippen LogP contribution < -0.4 is 15.8 Å². The maximum atomic E-state index is 5.38. The van der Waals surface area contributed by atoms with E-state index in [0.717, 1.165) is 17.9 Å². The number of hydrogen-bond donors (Lipinski definition) is 2. The highest BCUT2D eigenvalue weighted by Gasteiger charge is 2.07. The van der Waals surface area contributed by atoms with Crippen molar-refractivity contribution in [2.75, 3.05) is 20.2 Å². The number of nitrogens with one attached hydrogen (secondary N) is 1. The standard InChI is InChI=1S/C12H16N4O2/c1-17-10-4-2-9(3-5-10)12-15-11(18-16-12)8-14-7-6-13/h2-5,14H,6-8,13H2,1H3. The van der Waals surface area contributed by atoms with Gasteiger partial charge in [-0.3, -0.25) is 0 Å². The summed E-state index contributed by atoms with van der Waals surface area (Å²) in [5.41, 5.74) is 6.27. The zero-order valence-electron chi connectivity index (χ0n) is 10.2. The monoisotopic (exact) mass is 248 g/mol. The Labute approximate surface area is 105 Å². The second-order valence-corrected chi connectivity index (χ2v) is 3.71. The van der Waals surface area contributed by atoms with Crippen LogP contribution in [0.1, 0.15) is 5.89 Å². The Bertz CT molecular complexity index is 481. The Hall–Kier alpha value is -1.92. The van der Waals surface area contributed by atoms with Crippen LogP contribution in [-0.2, 0) is 6.54 Å². The molecule has 1 heterocycles. The summed E-state index contributed by atoms with van der Waals surface area (Å²) in [6.07, 6.45) is 0. The van der Waals surface area contributed by atoms with Gasteiger partial charge in [0.25, 0.3) is 0 Å². The molecular formula is C12H16N4O2. The van der Waals surface area contributed by atoms with Gasteiger partial charge in [-0.05, 0) is 24.3 Å². The Morgan fingerprint density at radius 1 is 1.33 bits per heavy atom. The van der Waals surface area contributed by atoms with Crippen molar-refractivity contribution < 1.29 is 9.26 Å². The molecule has 0 fully saturated rings. The number of rotatable bonds is 6. The van der Waals surface area contributed by atoms with Crippen LogP contribution in [0, 0.1) is 0 Å². The fourth-order valence-corrected chi connectivity index (χ4v) is 1.48. The molecule has 0 aliphatic heterocycles. The van der Waals surface area contributed by atoms with Crippen molar-refractivity contribution >= 4 is 0 Å². The van der Waals surface area contributed by atoms with E-state index < -0.39 is 0 Å². The molecule has 0 bridgehead atoms. The van der Waals surface area contributed by atoms with Crippen LogP contribution in [0.4, 0.5) is 0 Å². The van der Waals surface area contributed by atoms with E-state index in [1.165, 1.54) is 0 Å². The van der Waals surface area contributed by atoms with Crippen LogP contribution in [-0.4, -0.2) is 30.3 Å². The van der Waals surface area contributed by atoms with Crippen LogP contribution in [0.2, 0.25) is 0 Å². The summed E-state index contributed by atoms with van der Waals surface area (Å²) in [5, 5.41) is 7.02. The summed E-state index contributed by atoms with van der Waals surface area (Å²) in [4.78, 5) is 4.29. The van der Waals surface area contributed by atoms with Crippen molar-refractivity contribution in [2.45, 2.75) is 6.54 Å². The first-order valence-electron chi connectivity index (χ1n) is 5.71. The predicted molar refractivity (Wildman–Crippen MR) is 67.0 cm³/mol. The summed E-state index contributed by atoms with van der Waals surface area (Å²) in [6, 6.07) is 7.50. The van der Waals surface area contributed by atoms with Crippen LogP contribution in [0.3, 0.4) is 0 Å². The molecule has 6 heteroatoms. The van der Waals surface area contributed by atoms with Gasteiger partial charge in [-0.2, -0.15) is 4.98 Å². The zero-order valence-corrected chi connectivity index (χ0v) is 10.2. The van der Waals surface area contributed by atoms with Crippen molar-refractivity contribution in [3.63, 3.8) is 0 Å². The average Bonchev–Trinajstić information content (AvgIpc) is 2.88. The molecule has 2 rings (SSSR count). The second-order valence-electron chi connectivity index (χ2n) is 3.71. The van der Waals surface area contributed by atoms with E-state index in [2.05, 4.69) is 15.5 Å². The first kappa shape index (κ1) is 12.5. The van der Waals surface area contributed by atoms with Crippen LogP contribution >= 0.6 is 0 Å². The number of nitrogens with zero attached hydrogens (tertiary/aromatic N) is 2. The molecule has 0 aliphatic carbocycles. The van der Waals surface area contributed by atoms with Gasteiger partial charge in [-0.1, -0.05) is 5.16 Å². The molecular weight excluding hydrogens is 232 g/mol. The quantitative estimate of drug-likeness (QED) is 0.735. The van der Waals surface area contributed by atoms with Gasteiger partial charge in [0, 0.05) is 18.7 Å². The molecule has 0 saturated carbocycles. The molecule has 18 heavy (non-hydrogen) atoms. The molecule has 0 amide bonds. The first-order valence-corrected chi connectivity index (χ1v) is 5.71. The molecule has 3 N–H and O–H groups in total. The molecule has 96 valence electrons. The van der Waals surface area contributed by atoms with Gasteiger partial charge in [0.2, 0.25) is 11.7 Å². The zero-order chi connectivity index (χ0) is 12.8. The number of benzene rings is 1. The lowest BCUT2D eigenvalue weighted by molar-refractivity contribution is 0.368. The molecule has 0 unspecified atom stereocenters. The van der Waals surface area contributed by atoms with E-state index in [1.54, 1.807) is 7.11 Å². The topological polar surface area (TPSA) is 86.2 Å². The number of ether oxygens (including phenoxy) is 1. The maximum Gasteiger partial charge on any atom is 0.240 e. The Balaban J connectivity index is 2.04. The molecule has 2 aromatic rings. The molecule has 1 aromatic carbocycles. The van der Waals surface area contributed by atoms with E-state index >= 15 is 0 Å². The lowest BCUT2D eigenvalue weighted by Crippen LogP contribution is -2.21. The second kappa shape index (κ2) is 6.13. The highest BCUT2D eigenvalue weighted by molar-refractivity contribution is 5.55. The fourth-order valence-electron chi connectivity index (χ4n) is 1.48. The van der Waals surface area contributed by atoms with Crippen LogP contribution in [0.5, 0.6) is 5.75 Å². The predicted octanol–water partition coefficient (Wildman–Crippen LogP) is 0.793. The summed E-state index contributed by atoms with van der Waals surface area (Å²) < 4.78 is 10.2. The smallest absolute Gasteiger partial charge is 0.240 e. The van der Waals surface area contributed by atoms with Crippen LogP contribution in [0.15, 0.2) is 28.8 Å². The largest absolute Gasteiger partial charge is 0.497 e. The minimum atomic E-state index is 0.528. The van der Waals surface area contributed by atoms with Crippen molar-refractivity contribution in [1.82, 2.24) is 15.5 Å². The van der Waals surface area contributed by atoms with E-state index in [1.807, 2.05) is 24.3 Å². The van der Waals surface area contributed by atoms with Crippen molar-refractivity contribution in [3.05, 3.63) is 30.2 Å². The first-order chi connectivity index (χ1) is 8.83. The Morgan fingerprint density at radius 2 is 2.11 bits per heavy atom. The van der Waals surface area contributed by atoms with Gasteiger partial charge in [0.05, 0.1) is 13.7 Å². The van der Waals surface area contributed by atoms with E-state index in [0.29, 0.717) is 24.8 Å². The van der Waals surface area contributed by atoms with E-state index in [-0.39, 0.29) is 0 Å². The average molecular weight is 248 g/mol. The van der Waals surface area contributed by atoms with Gasteiger partial charge in [0.1, 0.15) is 5.75 Å². The number of methoxy groups -OCH3 is 1.